The summed E-state index contributed by atoms with van der Waals surface area (Å²) in [4.78, 5) is 3.05. The third kappa shape index (κ3) is 3.89. The molecule has 2 saturated carbocycles. The fraction of sp³-hybridized carbons (Fsp3) is 0.529. The van der Waals surface area contributed by atoms with Gasteiger partial charge < -0.3 is 19.7 Å². The number of methoxy groups -OCH3 is 2. The minimum absolute atomic E-state index is 0.0952. The number of aliphatic hydroxyl groups excluding tert-OH is 2. The predicted molar refractivity (Wildman–Crippen MR) is 166 cm³/mol. The largest absolute Gasteiger partial charge is 0.497 e. The van der Waals surface area contributed by atoms with E-state index in [4.69, 9.17) is 9.47 Å². The van der Waals surface area contributed by atoms with Gasteiger partial charge in [0.2, 0.25) is 0 Å². The van der Waals surface area contributed by atoms with Crippen molar-refractivity contribution in [1.29, 1.82) is 0 Å². The second kappa shape index (κ2) is 9.72. The molecule has 4 aromatic rings. The number of aryl methyl sites for hydroxylation is 2. The van der Waals surface area contributed by atoms with Crippen LogP contribution in [0.15, 0.2) is 36.4 Å². The number of aliphatic hydroxyl groups is 2. The molecule has 0 saturated heterocycles. The van der Waals surface area contributed by atoms with Gasteiger partial charge in [-0.3, -0.25) is 0 Å². The van der Waals surface area contributed by atoms with Crippen LogP contribution < -0.4 is 9.47 Å². The van der Waals surface area contributed by atoms with Crippen LogP contribution in [0.25, 0.3) is 20.2 Å². The molecule has 0 spiro atoms. The minimum atomic E-state index is -0.125. The van der Waals surface area contributed by atoms with E-state index in [-0.39, 0.29) is 23.0 Å². The number of fused-ring (bicyclic) bond motifs is 10. The Kier molecular flexibility index (Phi) is 6.50. The molecule has 40 heavy (non-hydrogen) atoms. The van der Waals surface area contributed by atoms with Crippen LogP contribution in [-0.4, -0.2) is 36.6 Å². The molecule has 4 nitrogen and oxygen atoms in total. The highest BCUT2D eigenvalue weighted by molar-refractivity contribution is 7.19. The van der Waals surface area contributed by atoms with Crippen molar-refractivity contribution in [3.8, 4) is 11.5 Å². The maximum Gasteiger partial charge on any atom is 0.120 e. The lowest BCUT2D eigenvalue weighted by atomic mass is 9.69. The summed E-state index contributed by atoms with van der Waals surface area (Å²) in [5, 5.41) is 23.5. The summed E-state index contributed by atoms with van der Waals surface area (Å²) in [6, 6.07) is 12.8. The average Bonchev–Trinajstić information content (AvgIpc) is 3.69. The maximum absolute atomic E-state index is 10.4. The van der Waals surface area contributed by atoms with Gasteiger partial charge in [0.15, 0.2) is 0 Å². The van der Waals surface area contributed by atoms with Crippen molar-refractivity contribution in [2.24, 2.45) is 10.8 Å². The predicted octanol–water partition coefficient (Wildman–Crippen LogP) is 8.20. The Morgan fingerprint density at radius 1 is 0.675 bits per heavy atom. The Morgan fingerprint density at radius 2 is 1.10 bits per heavy atom. The number of hydrogen-bond acceptors (Lipinski definition) is 6. The van der Waals surface area contributed by atoms with Crippen molar-refractivity contribution in [1.82, 2.24) is 0 Å². The van der Waals surface area contributed by atoms with Crippen molar-refractivity contribution in [3.05, 3.63) is 57.3 Å². The van der Waals surface area contributed by atoms with Crippen LogP contribution in [0, 0.1) is 10.8 Å². The Labute approximate surface area is 244 Å². The standard InChI is InChI=1S/2C17H20O2S/c2*1-17-8-7-12-11-4-3-10(19-2)9-14(11)20-16(12)13(17)5-6-15(17)18/h2*3-4,9,13,15,18H,5-8H2,1-2H3/t2*13?,15?,17-/m11/s1. The first kappa shape index (κ1) is 26.8. The Morgan fingerprint density at radius 3 is 1.50 bits per heavy atom. The van der Waals surface area contributed by atoms with Crippen LogP contribution in [0.2, 0.25) is 0 Å². The number of thiophene rings is 2. The zero-order valence-corrected chi connectivity index (χ0v) is 25.6. The third-order valence-corrected chi connectivity index (χ3v) is 13.7. The van der Waals surface area contributed by atoms with E-state index in [0.717, 1.165) is 62.9 Å². The van der Waals surface area contributed by atoms with Crippen LogP contribution in [0.5, 0.6) is 11.5 Å². The van der Waals surface area contributed by atoms with E-state index < -0.39 is 0 Å². The van der Waals surface area contributed by atoms with E-state index in [1.54, 1.807) is 14.2 Å². The lowest BCUT2D eigenvalue weighted by Crippen LogP contribution is -2.34. The van der Waals surface area contributed by atoms with Gasteiger partial charge in [-0.2, -0.15) is 0 Å². The van der Waals surface area contributed by atoms with Gasteiger partial charge in [0.05, 0.1) is 26.4 Å². The van der Waals surface area contributed by atoms with Crippen LogP contribution in [0.3, 0.4) is 0 Å². The molecule has 4 aliphatic rings. The molecule has 4 unspecified atom stereocenters. The zero-order valence-electron chi connectivity index (χ0n) is 24.0. The lowest BCUT2D eigenvalue weighted by Gasteiger charge is -2.38. The molecule has 2 N–H and O–H groups in total. The number of hydrogen-bond donors (Lipinski definition) is 2. The van der Waals surface area contributed by atoms with Gasteiger partial charge in [0.25, 0.3) is 0 Å². The average molecular weight is 577 g/mol. The second-order valence-corrected chi connectivity index (χ2v) is 15.1. The molecule has 8 rings (SSSR count). The third-order valence-electron chi connectivity index (χ3n) is 11.1. The Hall–Kier alpha value is -2.12. The molecule has 6 atom stereocenters. The molecule has 0 bridgehead atoms. The van der Waals surface area contributed by atoms with Gasteiger partial charge in [0.1, 0.15) is 11.5 Å². The van der Waals surface area contributed by atoms with Gasteiger partial charge in [-0.1, -0.05) is 13.8 Å². The van der Waals surface area contributed by atoms with Gasteiger partial charge in [-0.25, -0.2) is 0 Å². The molecular formula is C34H40O4S2. The summed E-state index contributed by atoms with van der Waals surface area (Å²) in [6.45, 7) is 4.56. The van der Waals surface area contributed by atoms with Gasteiger partial charge in [0, 0.05) is 41.8 Å². The summed E-state index contributed by atoms with van der Waals surface area (Å²) in [6.07, 6.45) is 8.37. The highest BCUT2D eigenvalue weighted by Gasteiger charge is 2.51. The van der Waals surface area contributed by atoms with Gasteiger partial charge in [-0.05, 0) is 110 Å². The summed E-state index contributed by atoms with van der Waals surface area (Å²) in [7, 11) is 3.44. The Balaban J connectivity index is 0.000000132. The van der Waals surface area contributed by atoms with Crippen LogP contribution in [0.1, 0.15) is 85.1 Å². The van der Waals surface area contributed by atoms with Crippen molar-refractivity contribution in [2.75, 3.05) is 14.2 Å². The number of ether oxygens (including phenoxy) is 2. The monoisotopic (exact) mass is 576 g/mol. The van der Waals surface area contributed by atoms with Crippen LogP contribution >= 0.6 is 22.7 Å². The first-order valence-corrected chi connectivity index (χ1v) is 16.4. The van der Waals surface area contributed by atoms with Crippen molar-refractivity contribution >= 4 is 42.8 Å². The summed E-state index contributed by atoms with van der Waals surface area (Å²) >= 11 is 3.83. The van der Waals surface area contributed by atoms with E-state index in [0.29, 0.717) is 11.8 Å². The summed E-state index contributed by atoms with van der Waals surface area (Å²) in [5.41, 5.74) is 3.25. The molecule has 212 valence electrons. The van der Waals surface area contributed by atoms with Gasteiger partial charge >= 0.3 is 0 Å². The smallest absolute Gasteiger partial charge is 0.120 e. The fourth-order valence-corrected chi connectivity index (χ4v) is 11.6. The lowest BCUT2D eigenvalue weighted by molar-refractivity contribution is 0.0466. The number of benzene rings is 2. The van der Waals surface area contributed by atoms with Crippen LogP contribution in [-0.2, 0) is 12.8 Å². The van der Waals surface area contributed by atoms with E-state index in [9.17, 15) is 10.2 Å². The first-order valence-electron chi connectivity index (χ1n) is 14.8. The summed E-state index contributed by atoms with van der Waals surface area (Å²) < 4.78 is 13.4. The SMILES string of the molecule is COc1ccc2c3c(sc2c1)C1CCC(O)[C@]1(C)CC3.COc1ccc2c3c(sc2c1)C1CCC(O)[C@]1(C)CC3. The minimum Gasteiger partial charge on any atom is -0.497 e. The van der Waals surface area contributed by atoms with E-state index in [1.807, 2.05) is 22.7 Å². The molecule has 2 fully saturated rings. The van der Waals surface area contributed by atoms with E-state index in [1.165, 1.54) is 41.1 Å². The maximum atomic E-state index is 10.4. The highest BCUT2D eigenvalue weighted by Crippen LogP contribution is 2.60. The highest BCUT2D eigenvalue weighted by atomic mass is 32.1. The van der Waals surface area contributed by atoms with Gasteiger partial charge in [-0.15, -0.1) is 22.7 Å². The Bertz CT molecular complexity index is 1470. The molecule has 6 heteroatoms. The van der Waals surface area contributed by atoms with E-state index >= 15 is 0 Å². The summed E-state index contributed by atoms with van der Waals surface area (Å²) in [5.74, 6) is 2.96. The molecule has 0 amide bonds. The van der Waals surface area contributed by atoms with Crippen molar-refractivity contribution in [2.45, 2.75) is 89.3 Å². The quantitative estimate of drug-likeness (QED) is 0.253. The van der Waals surface area contributed by atoms with Crippen LogP contribution in [0.4, 0.5) is 0 Å². The molecule has 2 aromatic carbocycles. The topological polar surface area (TPSA) is 58.9 Å². The molecule has 2 aromatic heterocycles. The molecule has 0 radical (unpaired) electrons. The zero-order chi connectivity index (χ0) is 27.8. The molecule has 0 aliphatic heterocycles. The second-order valence-electron chi connectivity index (χ2n) is 12.9. The van der Waals surface area contributed by atoms with E-state index in [2.05, 4.69) is 50.2 Å². The van der Waals surface area contributed by atoms with Crippen molar-refractivity contribution < 1.29 is 19.7 Å². The molecule has 4 aliphatic carbocycles. The first-order chi connectivity index (χ1) is 19.3. The number of rotatable bonds is 2. The van der Waals surface area contributed by atoms with Crippen molar-refractivity contribution in [3.63, 3.8) is 0 Å². The normalized spacial score (nSPS) is 32.1. The fourth-order valence-electron chi connectivity index (χ4n) is 8.39. The molecular weight excluding hydrogens is 537 g/mol. The molecule has 2 heterocycles.